The molecule has 0 saturated carbocycles. The summed E-state index contributed by atoms with van der Waals surface area (Å²) in [6.45, 7) is -0.481. The van der Waals surface area contributed by atoms with Crippen molar-refractivity contribution >= 4 is 52.4 Å². The van der Waals surface area contributed by atoms with E-state index >= 15 is 0 Å². The predicted molar refractivity (Wildman–Crippen MR) is 93.4 cm³/mol. The molecule has 1 N–H and O–H groups in total. The van der Waals surface area contributed by atoms with Crippen LogP contribution >= 0.6 is 34.8 Å². The lowest BCUT2D eigenvalue weighted by atomic mass is 10.2. The normalized spacial score (nSPS) is 10.2. The summed E-state index contributed by atoms with van der Waals surface area (Å²) < 4.78 is 9.93. The van der Waals surface area contributed by atoms with Crippen LogP contribution in [0.3, 0.4) is 0 Å². The molecule has 0 aliphatic carbocycles. The molecule has 0 atom stereocenters. The first-order chi connectivity index (χ1) is 11.4. The van der Waals surface area contributed by atoms with Gasteiger partial charge in [-0.1, -0.05) is 46.9 Å². The van der Waals surface area contributed by atoms with Gasteiger partial charge in [0.1, 0.15) is 0 Å². The number of amides is 1. The maximum atomic E-state index is 12.0. The average Bonchev–Trinajstić information content (AvgIpc) is 2.54. The van der Waals surface area contributed by atoms with Crippen LogP contribution in [0.25, 0.3) is 0 Å². The summed E-state index contributed by atoms with van der Waals surface area (Å²) in [5.41, 5.74) is 0.534. The Balaban J connectivity index is 1.98. The lowest BCUT2D eigenvalue weighted by Crippen LogP contribution is -2.21. The Bertz CT molecular complexity index is 757. The van der Waals surface area contributed by atoms with E-state index < -0.39 is 18.5 Å². The highest BCUT2D eigenvalue weighted by molar-refractivity contribution is 6.37. The molecule has 0 spiro atoms. The second kappa shape index (κ2) is 8.24. The monoisotopic (exact) mass is 387 g/mol. The zero-order valence-electron chi connectivity index (χ0n) is 12.4. The molecule has 1 amide bonds. The van der Waals surface area contributed by atoms with Gasteiger partial charge < -0.3 is 14.8 Å². The molecule has 0 aliphatic rings. The molecular formula is C16H12Cl3NO4. The summed E-state index contributed by atoms with van der Waals surface area (Å²) in [7, 11) is 1.41. The Hall–Kier alpha value is -1.95. The highest BCUT2D eigenvalue weighted by atomic mass is 35.5. The fourth-order valence-electron chi connectivity index (χ4n) is 1.84. The van der Waals surface area contributed by atoms with Gasteiger partial charge in [-0.2, -0.15) is 0 Å². The number of halogens is 3. The second-order valence-electron chi connectivity index (χ2n) is 4.58. The van der Waals surface area contributed by atoms with Gasteiger partial charge in [0, 0.05) is 0 Å². The SMILES string of the molecule is COc1c(Cl)cc(C(=O)OCC(=O)Nc2ccccc2Cl)cc1Cl. The molecule has 0 radical (unpaired) electrons. The largest absolute Gasteiger partial charge is 0.494 e. The summed E-state index contributed by atoms with van der Waals surface area (Å²) >= 11 is 17.8. The first-order valence-corrected chi connectivity index (χ1v) is 7.80. The van der Waals surface area contributed by atoms with Crippen molar-refractivity contribution in [1.29, 1.82) is 0 Å². The summed E-state index contributed by atoms with van der Waals surface area (Å²) in [6.07, 6.45) is 0. The molecule has 5 nitrogen and oxygen atoms in total. The van der Waals surface area contributed by atoms with Crippen molar-refractivity contribution < 1.29 is 19.1 Å². The molecule has 126 valence electrons. The number of methoxy groups -OCH3 is 1. The number of anilines is 1. The number of rotatable bonds is 5. The number of para-hydroxylation sites is 1. The smallest absolute Gasteiger partial charge is 0.338 e. The van der Waals surface area contributed by atoms with Crippen molar-refractivity contribution in [3.8, 4) is 5.75 Å². The van der Waals surface area contributed by atoms with Crippen molar-refractivity contribution in [3.05, 3.63) is 57.0 Å². The average molecular weight is 389 g/mol. The minimum atomic E-state index is -0.740. The summed E-state index contributed by atoms with van der Waals surface area (Å²) in [4.78, 5) is 23.8. The number of esters is 1. The summed E-state index contributed by atoms with van der Waals surface area (Å²) in [5, 5.41) is 3.25. The van der Waals surface area contributed by atoms with E-state index in [2.05, 4.69) is 5.32 Å². The van der Waals surface area contributed by atoms with Gasteiger partial charge in [-0.15, -0.1) is 0 Å². The minimum Gasteiger partial charge on any atom is -0.494 e. The lowest BCUT2D eigenvalue weighted by Gasteiger charge is -2.10. The Kier molecular flexibility index (Phi) is 6.31. The van der Waals surface area contributed by atoms with E-state index in [-0.39, 0.29) is 21.4 Å². The van der Waals surface area contributed by atoms with Crippen molar-refractivity contribution in [2.75, 3.05) is 19.0 Å². The second-order valence-corrected chi connectivity index (χ2v) is 5.80. The number of hydrogen-bond acceptors (Lipinski definition) is 4. The highest BCUT2D eigenvalue weighted by Crippen LogP contribution is 2.34. The van der Waals surface area contributed by atoms with E-state index in [9.17, 15) is 9.59 Å². The van der Waals surface area contributed by atoms with Crippen LogP contribution in [0, 0.1) is 0 Å². The summed E-state index contributed by atoms with van der Waals surface area (Å²) in [5.74, 6) is -1.01. The fourth-order valence-corrected chi connectivity index (χ4v) is 2.66. The first kappa shape index (κ1) is 18.4. The third-order valence-electron chi connectivity index (χ3n) is 2.92. The van der Waals surface area contributed by atoms with Crippen molar-refractivity contribution in [2.24, 2.45) is 0 Å². The van der Waals surface area contributed by atoms with E-state index in [1.54, 1.807) is 24.3 Å². The standard InChI is InChI=1S/C16H12Cl3NO4/c1-23-15-11(18)6-9(7-12(15)19)16(22)24-8-14(21)20-13-5-3-2-4-10(13)17/h2-7H,8H2,1H3,(H,20,21). The van der Waals surface area contributed by atoms with Crippen molar-refractivity contribution in [2.45, 2.75) is 0 Å². The van der Waals surface area contributed by atoms with Gasteiger partial charge in [-0.25, -0.2) is 4.79 Å². The van der Waals surface area contributed by atoms with E-state index in [1.807, 2.05) is 0 Å². The minimum absolute atomic E-state index is 0.108. The maximum Gasteiger partial charge on any atom is 0.338 e. The number of ether oxygens (including phenoxy) is 2. The third kappa shape index (κ3) is 4.54. The van der Waals surface area contributed by atoms with Crippen LogP contribution in [-0.4, -0.2) is 25.6 Å². The topological polar surface area (TPSA) is 64.6 Å². The fraction of sp³-hybridized carbons (Fsp3) is 0.125. The van der Waals surface area contributed by atoms with Gasteiger partial charge in [-0.05, 0) is 24.3 Å². The molecule has 0 unspecified atom stereocenters. The van der Waals surface area contributed by atoms with Gasteiger partial charge in [-0.3, -0.25) is 4.79 Å². The van der Waals surface area contributed by atoms with Gasteiger partial charge in [0.15, 0.2) is 12.4 Å². The molecule has 24 heavy (non-hydrogen) atoms. The molecular weight excluding hydrogens is 377 g/mol. The Labute approximate surface area is 153 Å². The Morgan fingerprint density at radius 2 is 1.67 bits per heavy atom. The Morgan fingerprint density at radius 1 is 1.04 bits per heavy atom. The molecule has 2 aromatic carbocycles. The van der Waals surface area contributed by atoms with Gasteiger partial charge in [0.05, 0.1) is 33.4 Å². The molecule has 0 saturated heterocycles. The highest BCUT2D eigenvalue weighted by Gasteiger charge is 2.16. The van der Waals surface area contributed by atoms with Crippen LogP contribution in [0.2, 0.25) is 15.1 Å². The number of nitrogens with one attached hydrogen (secondary N) is 1. The number of carbonyl (C=O) groups is 2. The molecule has 0 bridgehead atoms. The van der Waals surface area contributed by atoms with Crippen LogP contribution in [-0.2, 0) is 9.53 Å². The number of carbonyl (C=O) groups excluding carboxylic acids is 2. The van der Waals surface area contributed by atoms with Crippen LogP contribution in [0.5, 0.6) is 5.75 Å². The van der Waals surface area contributed by atoms with Crippen LogP contribution < -0.4 is 10.1 Å². The van der Waals surface area contributed by atoms with Crippen LogP contribution in [0.1, 0.15) is 10.4 Å². The Morgan fingerprint density at radius 3 is 2.25 bits per heavy atom. The maximum absolute atomic E-state index is 12.0. The van der Waals surface area contributed by atoms with E-state index in [1.165, 1.54) is 19.2 Å². The molecule has 0 aliphatic heterocycles. The number of hydrogen-bond donors (Lipinski definition) is 1. The summed E-state index contributed by atoms with van der Waals surface area (Å²) in [6, 6.07) is 9.40. The van der Waals surface area contributed by atoms with Gasteiger partial charge >= 0.3 is 5.97 Å². The first-order valence-electron chi connectivity index (χ1n) is 6.67. The lowest BCUT2D eigenvalue weighted by molar-refractivity contribution is -0.119. The van der Waals surface area contributed by atoms with E-state index in [0.717, 1.165) is 0 Å². The quantitative estimate of drug-likeness (QED) is 0.769. The van der Waals surface area contributed by atoms with Gasteiger partial charge in [0.2, 0.25) is 0 Å². The van der Waals surface area contributed by atoms with Crippen molar-refractivity contribution in [1.82, 2.24) is 0 Å². The predicted octanol–water partition coefficient (Wildman–Crippen LogP) is 4.45. The molecule has 0 heterocycles. The molecule has 8 heteroatoms. The zero-order valence-corrected chi connectivity index (χ0v) is 14.7. The van der Waals surface area contributed by atoms with Crippen LogP contribution in [0.4, 0.5) is 5.69 Å². The third-order valence-corrected chi connectivity index (χ3v) is 3.81. The molecule has 2 aromatic rings. The van der Waals surface area contributed by atoms with Crippen molar-refractivity contribution in [3.63, 3.8) is 0 Å². The van der Waals surface area contributed by atoms with E-state index in [0.29, 0.717) is 10.7 Å². The van der Waals surface area contributed by atoms with E-state index in [4.69, 9.17) is 44.3 Å². The number of benzene rings is 2. The van der Waals surface area contributed by atoms with Gasteiger partial charge in [0.25, 0.3) is 5.91 Å². The zero-order chi connectivity index (χ0) is 17.7. The molecule has 0 aromatic heterocycles. The molecule has 0 fully saturated rings. The molecule has 2 rings (SSSR count). The van der Waals surface area contributed by atoms with Crippen LogP contribution in [0.15, 0.2) is 36.4 Å².